The van der Waals surface area contributed by atoms with Crippen LogP contribution in [0.2, 0.25) is 0 Å². The van der Waals surface area contributed by atoms with Crippen molar-refractivity contribution in [1.82, 2.24) is 0 Å². The Hall–Kier alpha value is 0.0569. The average Bonchev–Trinajstić information content (AvgIpc) is 2.06. The second-order valence-electron chi connectivity index (χ2n) is 1.88. The lowest BCUT2D eigenvalue weighted by atomic mass is 10.6. The quantitative estimate of drug-likeness (QED) is 0.427. The fourth-order valence-electron chi connectivity index (χ4n) is 0.682. The first kappa shape index (κ1) is 11.1. The lowest BCUT2D eigenvalue weighted by molar-refractivity contribution is -0.281. The minimum Gasteiger partial charge on any atom is -0.353 e. The predicted molar refractivity (Wildman–Crippen MR) is 40.3 cm³/mol. The fourth-order valence-corrected chi connectivity index (χ4v) is 0.918. The van der Waals surface area contributed by atoms with Gasteiger partial charge in [-0.25, -0.2) is 0 Å². The Labute approximate surface area is 70.2 Å². The van der Waals surface area contributed by atoms with E-state index in [9.17, 15) is 0 Å². The largest absolute Gasteiger partial charge is 0.353 e. The Balaban J connectivity index is 4.19. The van der Waals surface area contributed by atoms with Crippen molar-refractivity contribution in [1.29, 1.82) is 0 Å². The molecule has 0 aliphatic carbocycles. The molecule has 0 rings (SSSR count). The first-order valence-electron chi connectivity index (χ1n) is 3.05. The number of methoxy groups -OCH3 is 4. The van der Waals surface area contributed by atoms with E-state index >= 15 is 0 Å². The Morgan fingerprint density at radius 1 is 1.00 bits per heavy atom. The third-order valence-electron chi connectivity index (χ3n) is 1.34. The molecule has 4 nitrogen and oxygen atoms in total. The van der Waals surface area contributed by atoms with E-state index in [-0.39, 0.29) is 0 Å². The van der Waals surface area contributed by atoms with Gasteiger partial charge in [0.1, 0.15) is 10.2 Å². The summed E-state index contributed by atoms with van der Waals surface area (Å²) in [5.74, 6) is 0. The molecule has 0 fully saturated rings. The van der Waals surface area contributed by atoms with E-state index in [1.54, 1.807) is 0 Å². The first-order chi connectivity index (χ1) is 5.14. The highest BCUT2D eigenvalue weighted by Gasteiger charge is 2.34. The molecule has 0 heterocycles. The average molecular weight is 177 g/mol. The highest BCUT2D eigenvalue weighted by Crippen LogP contribution is 2.14. The molecule has 0 aliphatic heterocycles. The maximum Gasteiger partial charge on any atom is 0.206 e. The van der Waals surface area contributed by atoms with Crippen LogP contribution in [0.4, 0.5) is 0 Å². The van der Waals surface area contributed by atoms with Gasteiger partial charge in [0.25, 0.3) is 0 Å². The van der Waals surface area contributed by atoms with Gasteiger partial charge in [0.05, 0.1) is 0 Å². The van der Waals surface area contributed by atoms with Crippen LogP contribution < -0.4 is 0 Å². The molecular formula is C6H13O4Si. The van der Waals surface area contributed by atoms with Gasteiger partial charge in [-0.1, -0.05) is 0 Å². The maximum absolute atomic E-state index is 4.97. The van der Waals surface area contributed by atoms with Crippen molar-refractivity contribution >= 4 is 10.2 Å². The molecule has 0 aromatic heterocycles. The summed E-state index contributed by atoms with van der Waals surface area (Å²) in [5.41, 5.74) is -1.04. The predicted octanol–water partition coefficient (Wildman–Crippen LogP) is -0.280. The monoisotopic (exact) mass is 177 g/mol. The molecule has 0 unspecified atom stereocenters. The van der Waals surface area contributed by atoms with Crippen molar-refractivity contribution in [2.24, 2.45) is 0 Å². The lowest BCUT2D eigenvalue weighted by Crippen LogP contribution is -2.48. The number of ether oxygens (including phenoxy) is 4. The third-order valence-corrected chi connectivity index (χ3v) is 1.99. The van der Waals surface area contributed by atoms with Gasteiger partial charge < -0.3 is 18.9 Å². The van der Waals surface area contributed by atoms with E-state index in [0.717, 1.165) is 0 Å². The standard InChI is InChI=1S/C6H13O4Si/c1-7-5(8-2)6(11,9-3)10-4/h5H,1-4H3. The zero-order valence-electron chi connectivity index (χ0n) is 7.21. The van der Waals surface area contributed by atoms with E-state index in [1.165, 1.54) is 28.4 Å². The molecule has 0 N–H and O–H groups in total. The third kappa shape index (κ3) is 2.53. The molecule has 0 saturated carbocycles. The normalized spacial score (nSPS) is 12.5. The van der Waals surface area contributed by atoms with E-state index < -0.39 is 11.7 Å². The minimum absolute atomic E-state index is 0.603. The van der Waals surface area contributed by atoms with Crippen molar-refractivity contribution in [2.45, 2.75) is 11.7 Å². The van der Waals surface area contributed by atoms with Gasteiger partial charge in [-0.15, -0.1) is 0 Å². The molecule has 0 bridgehead atoms. The van der Waals surface area contributed by atoms with Crippen LogP contribution in [0.15, 0.2) is 0 Å². The summed E-state index contributed by atoms with van der Waals surface area (Å²) in [7, 11) is 9.21. The second kappa shape index (κ2) is 4.84. The molecule has 0 atom stereocenters. The summed E-state index contributed by atoms with van der Waals surface area (Å²) in [4.78, 5) is 0. The summed E-state index contributed by atoms with van der Waals surface area (Å²) in [6.45, 7) is 0. The molecule has 0 aliphatic rings. The topological polar surface area (TPSA) is 36.9 Å². The van der Waals surface area contributed by atoms with Gasteiger partial charge in [-0.3, -0.25) is 0 Å². The Morgan fingerprint density at radius 2 is 1.36 bits per heavy atom. The summed E-state index contributed by atoms with van der Waals surface area (Å²) < 4.78 is 19.8. The summed E-state index contributed by atoms with van der Waals surface area (Å²) in [6.07, 6.45) is -0.603. The van der Waals surface area contributed by atoms with Crippen LogP contribution in [-0.2, 0) is 18.9 Å². The van der Waals surface area contributed by atoms with Crippen molar-refractivity contribution in [3.8, 4) is 0 Å². The fraction of sp³-hybridized carbons (Fsp3) is 1.00. The van der Waals surface area contributed by atoms with E-state index in [4.69, 9.17) is 18.9 Å². The Bertz CT molecular complexity index is 101. The van der Waals surface area contributed by atoms with Gasteiger partial charge in [0.2, 0.25) is 6.29 Å². The van der Waals surface area contributed by atoms with Gasteiger partial charge in [-0.2, -0.15) is 0 Å². The van der Waals surface area contributed by atoms with Gasteiger partial charge in [0.15, 0.2) is 5.41 Å². The zero-order chi connectivity index (χ0) is 8.91. The lowest BCUT2D eigenvalue weighted by Gasteiger charge is -2.32. The first-order valence-corrected chi connectivity index (χ1v) is 3.55. The van der Waals surface area contributed by atoms with Crippen LogP contribution in [0.3, 0.4) is 0 Å². The van der Waals surface area contributed by atoms with E-state index in [1.807, 2.05) is 0 Å². The second-order valence-corrected chi connectivity index (χ2v) is 2.58. The SMILES string of the molecule is COC(OC)C([Si])(OC)OC. The molecule has 5 heteroatoms. The number of rotatable bonds is 5. The van der Waals surface area contributed by atoms with Gasteiger partial charge >= 0.3 is 0 Å². The molecule has 0 amide bonds. The Kier molecular flexibility index (Phi) is 4.86. The molecule has 11 heavy (non-hydrogen) atoms. The zero-order valence-corrected chi connectivity index (χ0v) is 8.21. The highest BCUT2D eigenvalue weighted by atomic mass is 28.1. The summed E-state index contributed by atoms with van der Waals surface area (Å²) >= 11 is 0. The molecule has 0 aromatic rings. The van der Waals surface area contributed by atoms with Crippen molar-refractivity contribution < 1.29 is 18.9 Å². The Morgan fingerprint density at radius 3 is 1.45 bits per heavy atom. The van der Waals surface area contributed by atoms with E-state index in [2.05, 4.69) is 10.2 Å². The van der Waals surface area contributed by atoms with Crippen molar-refractivity contribution in [3.05, 3.63) is 0 Å². The summed E-state index contributed by atoms with van der Waals surface area (Å²) in [6, 6.07) is 0. The van der Waals surface area contributed by atoms with Crippen LogP contribution in [0.25, 0.3) is 0 Å². The van der Waals surface area contributed by atoms with Crippen molar-refractivity contribution in [2.75, 3.05) is 28.4 Å². The molecule has 0 spiro atoms. The smallest absolute Gasteiger partial charge is 0.206 e. The van der Waals surface area contributed by atoms with Crippen LogP contribution >= 0.6 is 0 Å². The summed E-state index contributed by atoms with van der Waals surface area (Å²) in [5, 5.41) is 0. The number of hydrogen-bond acceptors (Lipinski definition) is 4. The molecule has 65 valence electrons. The molecule has 0 saturated heterocycles. The van der Waals surface area contributed by atoms with Crippen molar-refractivity contribution in [3.63, 3.8) is 0 Å². The van der Waals surface area contributed by atoms with E-state index in [0.29, 0.717) is 0 Å². The maximum atomic E-state index is 4.97. The van der Waals surface area contributed by atoms with Gasteiger partial charge in [0, 0.05) is 28.4 Å². The van der Waals surface area contributed by atoms with Gasteiger partial charge in [-0.05, 0) is 0 Å². The van der Waals surface area contributed by atoms with Crippen LogP contribution in [-0.4, -0.2) is 50.4 Å². The molecular weight excluding hydrogens is 164 g/mol. The number of hydrogen-bond donors (Lipinski definition) is 0. The minimum atomic E-state index is -1.04. The van der Waals surface area contributed by atoms with Crippen LogP contribution in [0.1, 0.15) is 0 Å². The van der Waals surface area contributed by atoms with Crippen LogP contribution in [0, 0.1) is 0 Å². The highest BCUT2D eigenvalue weighted by molar-refractivity contribution is 6.13. The molecule has 0 aromatic carbocycles. The van der Waals surface area contributed by atoms with Crippen LogP contribution in [0.5, 0.6) is 0 Å². The molecule has 3 radical (unpaired) electrons.